The Bertz CT molecular complexity index is 682. The number of ether oxygens (including phenoxy) is 1. The molecule has 0 aromatic carbocycles. The van der Waals surface area contributed by atoms with E-state index in [1.54, 1.807) is 6.92 Å². The summed E-state index contributed by atoms with van der Waals surface area (Å²) in [5, 5.41) is 10.7. The number of aliphatic hydroxyl groups is 1. The molecule has 3 saturated carbocycles. The Morgan fingerprint density at radius 2 is 1.89 bits per heavy atom. The van der Waals surface area contributed by atoms with Gasteiger partial charge in [-0.05, 0) is 74.0 Å². The Morgan fingerprint density at radius 3 is 2.56 bits per heavy atom. The number of hydrogen-bond acceptors (Lipinski definition) is 4. The average Bonchev–Trinajstić information content (AvgIpc) is 2.85. The lowest BCUT2D eigenvalue weighted by molar-refractivity contribution is -0.149. The van der Waals surface area contributed by atoms with Crippen molar-refractivity contribution in [2.75, 3.05) is 0 Å². The van der Waals surface area contributed by atoms with E-state index in [1.165, 1.54) is 12.5 Å². The van der Waals surface area contributed by atoms with Crippen LogP contribution in [0.5, 0.6) is 0 Å². The van der Waals surface area contributed by atoms with Crippen molar-refractivity contribution in [3.8, 4) is 0 Å². The summed E-state index contributed by atoms with van der Waals surface area (Å²) in [4.78, 5) is 23.6. The molecule has 4 aliphatic carbocycles. The second-order valence-electron chi connectivity index (χ2n) is 10.2. The Balaban J connectivity index is 1.61. The molecule has 27 heavy (non-hydrogen) atoms. The SMILES string of the molecule is CC(=O)OC1CCC2(C)C(=CCC3C2CCC2(C)C3CC(O)C2C(C)=O)C1. The molecule has 4 rings (SSSR count). The predicted molar refractivity (Wildman–Crippen MR) is 103 cm³/mol. The summed E-state index contributed by atoms with van der Waals surface area (Å²) in [6, 6.07) is 0. The molecule has 150 valence electrons. The molecule has 0 heterocycles. The minimum absolute atomic E-state index is 0.0302. The molecule has 0 aliphatic heterocycles. The highest BCUT2D eigenvalue weighted by Gasteiger charge is 2.61. The van der Waals surface area contributed by atoms with Gasteiger partial charge in [0.25, 0.3) is 0 Å². The molecule has 0 saturated heterocycles. The number of carbonyl (C=O) groups is 2. The minimum atomic E-state index is -0.478. The summed E-state index contributed by atoms with van der Waals surface area (Å²) in [6.45, 7) is 7.83. The van der Waals surface area contributed by atoms with Gasteiger partial charge in [-0.25, -0.2) is 0 Å². The van der Waals surface area contributed by atoms with Gasteiger partial charge in [-0.1, -0.05) is 25.5 Å². The first-order valence-corrected chi connectivity index (χ1v) is 10.7. The summed E-state index contributed by atoms with van der Waals surface area (Å²) in [5.41, 5.74) is 1.61. The molecule has 0 radical (unpaired) electrons. The van der Waals surface area contributed by atoms with E-state index in [9.17, 15) is 14.7 Å². The number of Topliss-reactive ketones (excluding diaryl/α,β-unsaturated/α-hetero) is 1. The minimum Gasteiger partial charge on any atom is -0.462 e. The Kier molecular flexibility index (Phi) is 4.57. The fraction of sp³-hybridized carbons (Fsp3) is 0.826. The second kappa shape index (κ2) is 6.43. The summed E-state index contributed by atoms with van der Waals surface area (Å²) in [5.74, 6) is 1.39. The van der Waals surface area contributed by atoms with Crippen LogP contribution in [0, 0.1) is 34.5 Å². The Hall–Kier alpha value is -1.16. The van der Waals surface area contributed by atoms with Crippen molar-refractivity contribution in [1.29, 1.82) is 0 Å². The predicted octanol–water partition coefficient (Wildman–Crippen LogP) is 4.06. The fourth-order valence-electron chi connectivity index (χ4n) is 7.71. The van der Waals surface area contributed by atoms with Gasteiger partial charge in [-0.2, -0.15) is 0 Å². The van der Waals surface area contributed by atoms with E-state index in [0.29, 0.717) is 17.8 Å². The quantitative estimate of drug-likeness (QED) is 0.585. The van der Waals surface area contributed by atoms with Crippen LogP contribution in [0.15, 0.2) is 11.6 Å². The Morgan fingerprint density at radius 1 is 1.15 bits per heavy atom. The first-order valence-electron chi connectivity index (χ1n) is 10.7. The van der Waals surface area contributed by atoms with Gasteiger partial charge in [0.1, 0.15) is 11.9 Å². The molecule has 0 amide bonds. The van der Waals surface area contributed by atoms with Gasteiger partial charge in [-0.3, -0.25) is 9.59 Å². The normalized spacial score (nSPS) is 48.7. The van der Waals surface area contributed by atoms with Crippen LogP contribution in [0.25, 0.3) is 0 Å². The average molecular weight is 375 g/mol. The lowest BCUT2D eigenvalue weighted by atomic mass is 9.47. The molecule has 8 atom stereocenters. The molecule has 1 N–H and O–H groups in total. The summed E-state index contributed by atoms with van der Waals surface area (Å²) in [7, 11) is 0. The molecular formula is C23H34O4. The topological polar surface area (TPSA) is 63.6 Å². The molecule has 0 aromatic heterocycles. The van der Waals surface area contributed by atoms with Crippen molar-refractivity contribution in [1.82, 2.24) is 0 Å². The number of rotatable bonds is 2. The zero-order valence-corrected chi connectivity index (χ0v) is 17.2. The van der Waals surface area contributed by atoms with Gasteiger partial charge in [0.15, 0.2) is 0 Å². The smallest absolute Gasteiger partial charge is 0.302 e. The number of allylic oxidation sites excluding steroid dienone is 1. The maximum Gasteiger partial charge on any atom is 0.302 e. The largest absolute Gasteiger partial charge is 0.462 e. The van der Waals surface area contributed by atoms with E-state index in [1.807, 2.05) is 0 Å². The highest BCUT2D eigenvalue weighted by molar-refractivity contribution is 5.80. The van der Waals surface area contributed by atoms with E-state index < -0.39 is 6.10 Å². The molecule has 3 fully saturated rings. The molecule has 4 heteroatoms. The maximum atomic E-state index is 12.3. The molecule has 8 unspecified atom stereocenters. The van der Waals surface area contributed by atoms with Crippen molar-refractivity contribution >= 4 is 11.8 Å². The highest BCUT2D eigenvalue weighted by Crippen LogP contribution is 2.66. The van der Waals surface area contributed by atoms with E-state index in [-0.39, 0.29) is 34.6 Å². The first-order chi connectivity index (χ1) is 12.7. The number of fused-ring (bicyclic) bond motifs is 5. The van der Waals surface area contributed by atoms with E-state index >= 15 is 0 Å². The number of aliphatic hydroxyl groups excluding tert-OH is 1. The van der Waals surface area contributed by atoms with Crippen LogP contribution < -0.4 is 0 Å². The van der Waals surface area contributed by atoms with Crippen molar-refractivity contribution in [2.45, 2.75) is 84.8 Å². The maximum absolute atomic E-state index is 12.3. The number of carbonyl (C=O) groups excluding carboxylic acids is 2. The monoisotopic (exact) mass is 374 g/mol. The van der Waals surface area contributed by atoms with Gasteiger partial charge >= 0.3 is 5.97 Å². The molecular weight excluding hydrogens is 340 g/mol. The van der Waals surface area contributed by atoms with Crippen LogP contribution in [0.4, 0.5) is 0 Å². The summed E-state index contributed by atoms with van der Waals surface area (Å²) >= 11 is 0. The van der Waals surface area contributed by atoms with Gasteiger partial charge in [0.2, 0.25) is 0 Å². The first kappa shape index (κ1) is 19.2. The lowest BCUT2D eigenvalue weighted by Gasteiger charge is -2.57. The third-order valence-corrected chi connectivity index (χ3v) is 8.86. The zero-order valence-electron chi connectivity index (χ0n) is 17.2. The standard InChI is InChI=1S/C23H34O4/c1-13(24)21-20(26)12-19-17-6-5-15-11-16(27-14(2)25)7-9-22(15,3)18(17)8-10-23(19,21)4/h5,16-21,26H,6-12H2,1-4H3. The van der Waals surface area contributed by atoms with Gasteiger partial charge in [0.05, 0.1) is 6.10 Å². The van der Waals surface area contributed by atoms with Crippen molar-refractivity contribution < 1.29 is 19.4 Å². The zero-order chi connectivity index (χ0) is 19.6. The van der Waals surface area contributed by atoms with Gasteiger partial charge in [-0.15, -0.1) is 0 Å². The summed E-state index contributed by atoms with van der Waals surface area (Å²) < 4.78 is 5.51. The van der Waals surface area contributed by atoms with Crippen LogP contribution >= 0.6 is 0 Å². The second-order valence-corrected chi connectivity index (χ2v) is 10.2. The van der Waals surface area contributed by atoms with Crippen molar-refractivity contribution in [3.05, 3.63) is 11.6 Å². The van der Waals surface area contributed by atoms with E-state index in [0.717, 1.165) is 44.9 Å². The van der Waals surface area contributed by atoms with E-state index in [2.05, 4.69) is 19.9 Å². The highest BCUT2D eigenvalue weighted by atomic mass is 16.5. The van der Waals surface area contributed by atoms with Crippen LogP contribution in [0.1, 0.15) is 72.6 Å². The summed E-state index contributed by atoms with van der Waals surface area (Å²) in [6.07, 6.45) is 8.85. The van der Waals surface area contributed by atoms with Crippen LogP contribution in [0.2, 0.25) is 0 Å². The van der Waals surface area contributed by atoms with Crippen molar-refractivity contribution in [2.24, 2.45) is 34.5 Å². The lowest BCUT2D eigenvalue weighted by Crippen LogP contribution is -2.51. The van der Waals surface area contributed by atoms with Crippen LogP contribution in [0.3, 0.4) is 0 Å². The number of ketones is 1. The molecule has 4 nitrogen and oxygen atoms in total. The number of esters is 1. The Labute approximate surface area is 162 Å². The van der Waals surface area contributed by atoms with Gasteiger partial charge in [0, 0.05) is 19.3 Å². The number of hydrogen-bond donors (Lipinski definition) is 1. The van der Waals surface area contributed by atoms with Crippen LogP contribution in [-0.4, -0.2) is 29.1 Å². The van der Waals surface area contributed by atoms with Crippen molar-refractivity contribution in [3.63, 3.8) is 0 Å². The van der Waals surface area contributed by atoms with E-state index in [4.69, 9.17) is 4.74 Å². The fourth-order valence-corrected chi connectivity index (χ4v) is 7.71. The molecule has 0 aromatic rings. The molecule has 4 aliphatic rings. The molecule has 0 bridgehead atoms. The van der Waals surface area contributed by atoms with Gasteiger partial charge < -0.3 is 9.84 Å². The third-order valence-electron chi connectivity index (χ3n) is 8.86. The third kappa shape index (κ3) is 2.82. The van der Waals surface area contributed by atoms with Crippen LogP contribution in [-0.2, 0) is 14.3 Å². The molecule has 0 spiro atoms.